The summed E-state index contributed by atoms with van der Waals surface area (Å²) in [7, 11) is 0. The maximum Gasteiger partial charge on any atom is 0.344 e. The molecule has 0 saturated heterocycles. The molecule has 0 spiro atoms. The molecule has 82 valence electrons. The van der Waals surface area contributed by atoms with E-state index >= 15 is 0 Å². The molecule has 0 heterocycles. The first-order valence-corrected chi connectivity index (χ1v) is 5.86. The Kier molecular flexibility index (Phi) is 4.87. The van der Waals surface area contributed by atoms with Crippen molar-refractivity contribution in [2.75, 3.05) is 0 Å². The summed E-state index contributed by atoms with van der Waals surface area (Å²) in [4.78, 5) is 10.9. The van der Waals surface area contributed by atoms with Crippen LogP contribution in [0.25, 0.3) is 0 Å². The van der Waals surface area contributed by atoms with E-state index in [1.165, 1.54) is 0 Å². The Morgan fingerprint density at radius 2 is 2.33 bits per heavy atom. The normalized spacial score (nSPS) is 12.1. The number of aliphatic carboxylic acids is 1. The van der Waals surface area contributed by atoms with Crippen LogP contribution >= 0.6 is 22.6 Å². The standard InChI is InChI=1S/C11H13IO3/c1-2-4-10(11(13)14)15-9-6-3-5-8(12)7-9/h3,5-7,10H,2,4H2,1H3,(H,13,14). The minimum absolute atomic E-state index is 0.529. The molecule has 0 saturated carbocycles. The van der Waals surface area contributed by atoms with Crippen LogP contribution in [-0.4, -0.2) is 17.2 Å². The molecule has 0 amide bonds. The maximum atomic E-state index is 10.9. The molecule has 1 unspecified atom stereocenters. The highest BCUT2D eigenvalue weighted by molar-refractivity contribution is 14.1. The molecule has 1 aromatic carbocycles. The van der Waals surface area contributed by atoms with Crippen LogP contribution in [0.15, 0.2) is 24.3 Å². The van der Waals surface area contributed by atoms with Gasteiger partial charge in [0.2, 0.25) is 0 Å². The number of rotatable bonds is 5. The summed E-state index contributed by atoms with van der Waals surface area (Å²) in [6.07, 6.45) is 0.579. The Morgan fingerprint density at radius 3 is 2.87 bits per heavy atom. The Hall–Kier alpha value is -0.780. The number of carbonyl (C=O) groups is 1. The lowest BCUT2D eigenvalue weighted by Crippen LogP contribution is -2.26. The van der Waals surface area contributed by atoms with E-state index in [9.17, 15) is 4.79 Å². The van der Waals surface area contributed by atoms with Gasteiger partial charge in [-0.05, 0) is 47.2 Å². The van der Waals surface area contributed by atoms with Crippen LogP contribution in [0.5, 0.6) is 5.75 Å². The van der Waals surface area contributed by atoms with Gasteiger partial charge in [-0.15, -0.1) is 0 Å². The number of benzene rings is 1. The number of hydrogen-bond acceptors (Lipinski definition) is 2. The first-order chi connectivity index (χ1) is 7.13. The van der Waals surface area contributed by atoms with E-state index in [0.29, 0.717) is 12.2 Å². The molecule has 0 aromatic heterocycles. The van der Waals surface area contributed by atoms with Crippen molar-refractivity contribution in [3.8, 4) is 5.75 Å². The van der Waals surface area contributed by atoms with E-state index in [1.807, 2.05) is 25.1 Å². The average molecular weight is 320 g/mol. The molecule has 1 aromatic rings. The molecule has 3 nitrogen and oxygen atoms in total. The molecular formula is C11H13IO3. The minimum Gasteiger partial charge on any atom is -0.479 e. The molecule has 0 bridgehead atoms. The molecule has 1 atom stereocenters. The van der Waals surface area contributed by atoms with Crippen LogP contribution < -0.4 is 4.74 Å². The van der Waals surface area contributed by atoms with Crippen LogP contribution in [0.1, 0.15) is 19.8 Å². The molecule has 1 N–H and O–H groups in total. The first kappa shape index (κ1) is 12.3. The van der Waals surface area contributed by atoms with Gasteiger partial charge in [0.25, 0.3) is 0 Å². The Labute approximate surface area is 103 Å². The summed E-state index contributed by atoms with van der Waals surface area (Å²) >= 11 is 2.16. The van der Waals surface area contributed by atoms with Gasteiger partial charge in [0, 0.05) is 3.57 Å². The van der Waals surface area contributed by atoms with Gasteiger partial charge >= 0.3 is 5.97 Å². The van der Waals surface area contributed by atoms with E-state index in [0.717, 1.165) is 9.99 Å². The minimum atomic E-state index is -0.907. The fraction of sp³-hybridized carbons (Fsp3) is 0.364. The lowest BCUT2D eigenvalue weighted by atomic mass is 10.2. The second-order valence-corrected chi connectivity index (χ2v) is 4.44. The Balaban J connectivity index is 2.69. The van der Waals surface area contributed by atoms with Gasteiger partial charge in [0.15, 0.2) is 6.10 Å². The third kappa shape index (κ3) is 4.07. The number of hydrogen-bond donors (Lipinski definition) is 1. The van der Waals surface area contributed by atoms with Gasteiger partial charge in [-0.25, -0.2) is 4.79 Å². The van der Waals surface area contributed by atoms with E-state index < -0.39 is 12.1 Å². The van der Waals surface area contributed by atoms with Crippen molar-refractivity contribution in [2.24, 2.45) is 0 Å². The van der Waals surface area contributed by atoms with Crippen LogP contribution in [0.3, 0.4) is 0 Å². The van der Waals surface area contributed by atoms with Gasteiger partial charge in [-0.3, -0.25) is 0 Å². The van der Waals surface area contributed by atoms with Crippen molar-refractivity contribution >= 4 is 28.6 Å². The molecule has 0 aliphatic rings. The zero-order valence-electron chi connectivity index (χ0n) is 8.44. The van der Waals surface area contributed by atoms with E-state index in [-0.39, 0.29) is 0 Å². The van der Waals surface area contributed by atoms with E-state index in [2.05, 4.69) is 22.6 Å². The number of halogens is 1. The van der Waals surface area contributed by atoms with Crippen molar-refractivity contribution in [1.82, 2.24) is 0 Å². The lowest BCUT2D eigenvalue weighted by molar-refractivity contribution is -0.145. The zero-order chi connectivity index (χ0) is 11.3. The smallest absolute Gasteiger partial charge is 0.344 e. The highest BCUT2D eigenvalue weighted by Crippen LogP contribution is 2.17. The van der Waals surface area contributed by atoms with Crippen molar-refractivity contribution in [3.63, 3.8) is 0 Å². The van der Waals surface area contributed by atoms with Crippen LogP contribution in [0.4, 0.5) is 0 Å². The molecule has 0 radical (unpaired) electrons. The quantitative estimate of drug-likeness (QED) is 0.849. The van der Waals surface area contributed by atoms with Gasteiger partial charge < -0.3 is 9.84 Å². The topological polar surface area (TPSA) is 46.5 Å². The fourth-order valence-electron chi connectivity index (χ4n) is 1.20. The molecular weight excluding hydrogens is 307 g/mol. The van der Waals surface area contributed by atoms with Crippen molar-refractivity contribution in [3.05, 3.63) is 27.8 Å². The molecule has 1 rings (SSSR count). The molecule has 0 fully saturated rings. The van der Waals surface area contributed by atoms with Crippen LogP contribution in [-0.2, 0) is 4.79 Å². The van der Waals surface area contributed by atoms with E-state index in [4.69, 9.17) is 9.84 Å². The van der Waals surface area contributed by atoms with Crippen molar-refractivity contribution in [1.29, 1.82) is 0 Å². The third-order valence-electron chi connectivity index (χ3n) is 1.90. The molecule has 0 aliphatic heterocycles. The summed E-state index contributed by atoms with van der Waals surface area (Å²) in [6.45, 7) is 1.94. The summed E-state index contributed by atoms with van der Waals surface area (Å²) < 4.78 is 6.43. The summed E-state index contributed by atoms with van der Waals surface area (Å²) in [5.41, 5.74) is 0. The maximum absolute atomic E-state index is 10.9. The number of carboxylic acid groups (broad SMARTS) is 1. The third-order valence-corrected chi connectivity index (χ3v) is 2.57. The predicted octanol–water partition coefficient (Wildman–Crippen LogP) is 2.92. The first-order valence-electron chi connectivity index (χ1n) is 4.78. The molecule has 0 aliphatic carbocycles. The monoisotopic (exact) mass is 320 g/mol. The molecule has 4 heteroatoms. The predicted molar refractivity (Wildman–Crippen MR) is 66.1 cm³/mol. The SMILES string of the molecule is CCCC(Oc1cccc(I)c1)C(=O)O. The van der Waals surface area contributed by atoms with Crippen molar-refractivity contribution in [2.45, 2.75) is 25.9 Å². The summed E-state index contributed by atoms with van der Waals surface area (Å²) in [5.74, 6) is -0.293. The van der Waals surface area contributed by atoms with E-state index in [1.54, 1.807) is 6.07 Å². The second-order valence-electron chi connectivity index (χ2n) is 3.19. The lowest BCUT2D eigenvalue weighted by Gasteiger charge is -2.14. The summed E-state index contributed by atoms with van der Waals surface area (Å²) in [5, 5.41) is 8.91. The zero-order valence-corrected chi connectivity index (χ0v) is 10.6. The number of ether oxygens (including phenoxy) is 1. The highest BCUT2D eigenvalue weighted by Gasteiger charge is 2.17. The average Bonchev–Trinajstić information content (AvgIpc) is 2.17. The van der Waals surface area contributed by atoms with Gasteiger partial charge in [-0.1, -0.05) is 19.4 Å². The van der Waals surface area contributed by atoms with Gasteiger partial charge in [-0.2, -0.15) is 0 Å². The summed E-state index contributed by atoms with van der Waals surface area (Å²) in [6, 6.07) is 7.38. The van der Waals surface area contributed by atoms with Gasteiger partial charge in [0.1, 0.15) is 5.75 Å². The fourth-order valence-corrected chi connectivity index (χ4v) is 1.71. The van der Waals surface area contributed by atoms with Crippen LogP contribution in [0.2, 0.25) is 0 Å². The highest BCUT2D eigenvalue weighted by atomic mass is 127. The Morgan fingerprint density at radius 1 is 1.60 bits per heavy atom. The Bertz CT molecular complexity index is 338. The van der Waals surface area contributed by atoms with Crippen molar-refractivity contribution < 1.29 is 14.6 Å². The van der Waals surface area contributed by atoms with Gasteiger partial charge in [0.05, 0.1) is 0 Å². The van der Waals surface area contributed by atoms with Crippen LogP contribution in [0, 0.1) is 3.57 Å². The largest absolute Gasteiger partial charge is 0.479 e. The second kappa shape index (κ2) is 5.95. The number of carboxylic acids is 1. The molecule has 15 heavy (non-hydrogen) atoms.